The summed E-state index contributed by atoms with van der Waals surface area (Å²) < 4.78 is 7.17. The first-order chi connectivity index (χ1) is 18.2. The number of hydrogen-bond acceptors (Lipinski definition) is 7. The molecule has 11 nitrogen and oxygen atoms in total. The molecule has 0 saturated heterocycles. The van der Waals surface area contributed by atoms with Crippen LogP contribution in [0.15, 0.2) is 77.9 Å². The highest BCUT2D eigenvalue weighted by atomic mass is 16.6. The fourth-order valence-electron chi connectivity index (χ4n) is 4.10. The highest BCUT2D eigenvalue weighted by Crippen LogP contribution is 2.26. The first kappa shape index (κ1) is 25.8. The van der Waals surface area contributed by atoms with Gasteiger partial charge < -0.3 is 9.30 Å². The number of aromatic nitrogens is 1. The van der Waals surface area contributed by atoms with E-state index >= 15 is 0 Å². The van der Waals surface area contributed by atoms with E-state index in [1.165, 1.54) is 37.6 Å². The summed E-state index contributed by atoms with van der Waals surface area (Å²) in [6.07, 6.45) is 1.51. The molecule has 1 N–H and O–H groups in total. The minimum atomic E-state index is -0.641. The van der Waals surface area contributed by atoms with Crippen LogP contribution < -0.4 is 10.2 Å². The Morgan fingerprint density at radius 2 is 1.47 bits per heavy atom. The number of non-ortho nitro benzene ring substituents is 2. The quantitative estimate of drug-likeness (QED) is 0.191. The number of nitro groups is 2. The second kappa shape index (κ2) is 10.7. The van der Waals surface area contributed by atoms with Gasteiger partial charge in [-0.1, -0.05) is 12.1 Å². The van der Waals surface area contributed by atoms with Crippen LogP contribution in [0.2, 0.25) is 0 Å². The molecule has 0 radical (unpaired) electrons. The molecule has 0 atom stereocenters. The highest BCUT2D eigenvalue weighted by Gasteiger charge is 2.17. The lowest BCUT2D eigenvalue weighted by Gasteiger charge is -2.11. The van der Waals surface area contributed by atoms with E-state index in [2.05, 4.69) is 10.5 Å². The Hall–Kier alpha value is -5.32. The van der Waals surface area contributed by atoms with Gasteiger partial charge in [-0.2, -0.15) is 5.10 Å². The molecule has 0 aliphatic carbocycles. The van der Waals surface area contributed by atoms with Gasteiger partial charge in [0, 0.05) is 46.9 Å². The number of aryl methyl sites for hydroxylation is 1. The topological polar surface area (TPSA) is 142 Å². The Balaban J connectivity index is 1.52. The predicted molar refractivity (Wildman–Crippen MR) is 142 cm³/mol. The molecular formula is C27H23N5O6. The van der Waals surface area contributed by atoms with Gasteiger partial charge in [0.05, 0.1) is 28.7 Å². The number of rotatable bonds is 8. The molecule has 1 amide bonds. The third-order valence-electron chi connectivity index (χ3n) is 6.02. The number of hydrazone groups is 1. The molecule has 0 fully saturated rings. The molecule has 0 aliphatic heterocycles. The van der Waals surface area contributed by atoms with Gasteiger partial charge in [-0.25, -0.2) is 5.43 Å². The number of carbonyl (C=O) groups excluding carboxylic acids is 1. The molecular weight excluding hydrogens is 490 g/mol. The molecule has 0 saturated carbocycles. The molecule has 1 heterocycles. The number of amides is 1. The Kier molecular flexibility index (Phi) is 7.28. The summed E-state index contributed by atoms with van der Waals surface area (Å²) in [5.41, 5.74) is 7.51. The van der Waals surface area contributed by atoms with E-state index in [1.54, 1.807) is 12.1 Å². The monoisotopic (exact) mass is 513 g/mol. The Bertz CT molecular complexity index is 1560. The standard InChI is InChI=1S/C27H23N5O6/c1-17-14-21(16-28-29-27(33)25-15-24(32(36)37)12-13-26(25)38-3)18(2)30(17)22-8-4-19(5-9-22)20-6-10-23(11-7-20)31(34)35/h4-16H,1-3H3,(H,29,33)/b28-16-. The zero-order chi connectivity index (χ0) is 27.4. The summed E-state index contributed by atoms with van der Waals surface area (Å²) in [7, 11) is 1.37. The molecule has 3 aromatic carbocycles. The lowest BCUT2D eigenvalue weighted by Crippen LogP contribution is -2.18. The highest BCUT2D eigenvalue weighted by molar-refractivity contribution is 5.98. The minimum absolute atomic E-state index is 0.00238. The fraction of sp³-hybridized carbons (Fsp3) is 0.111. The maximum absolute atomic E-state index is 12.6. The second-order valence-corrected chi connectivity index (χ2v) is 8.35. The van der Waals surface area contributed by atoms with Crippen LogP contribution in [0, 0.1) is 34.1 Å². The lowest BCUT2D eigenvalue weighted by molar-refractivity contribution is -0.385. The van der Waals surface area contributed by atoms with E-state index in [0.29, 0.717) is 0 Å². The first-order valence-corrected chi connectivity index (χ1v) is 11.4. The maximum Gasteiger partial charge on any atom is 0.275 e. The van der Waals surface area contributed by atoms with Crippen LogP contribution >= 0.6 is 0 Å². The van der Waals surface area contributed by atoms with Crippen LogP contribution in [0.1, 0.15) is 27.3 Å². The van der Waals surface area contributed by atoms with Gasteiger partial charge in [0.1, 0.15) is 5.75 Å². The number of hydrogen-bond donors (Lipinski definition) is 1. The van der Waals surface area contributed by atoms with Crippen molar-refractivity contribution in [2.75, 3.05) is 7.11 Å². The van der Waals surface area contributed by atoms with Crippen LogP contribution in [0.3, 0.4) is 0 Å². The van der Waals surface area contributed by atoms with Crippen molar-refractivity contribution in [3.05, 3.63) is 116 Å². The molecule has 0 bridgehead atoms. The zero-order valence-electron chi connectivity index (χ0n) is 20.7. The number of nitro benzene ring substituents is 2. The molecule has 4 rings (SSSR count). The van der Waals surface area contributed by atoms with Gasteiger partial charge >= 0.3 is 0 Å². The second-order valence-electron chi connectivity index (χ2n) is 8.35. The van der Waals surface area contributed by atoms with E-state index in [0.717, 1.165) is 39.8 Å². The summed E-state index contributed by atoms with van der Waals surface area (Å²) in [5, 5.41) is 26.0. The summed E-state index contributed by atoms with van der Waals surface area (Å²) in [4.78, 5) is 33.5. The molecule has 0 aliphatic rings. The smallest absolute Gasteiger partial charge is 0.275 e. The SMILES string of the molecule is COc1ccc([N+](=O)[O-])cc1C(=O)N/N=C\c1cc(C)n(-c2ccc(-c3ccc([N+](=O)[O-])cc3)cc2)c1C. The fourth-order valence-corrected chi connectivity index (χ4v) is 4.10. The minimum Gasteiger partial charge on any atom is -0.496 e. The van der Waals surface area contributed by atoms with E-state index < -0.39 is 15.8 Å². The van der Waals surface area contributed by atoms with Crippen LogP contribution in [0.4, 0.5) is 11.4 Å². The van der Waals surface area contributed by atoms with Gasteiger partial charge in [0.25, 0.3) is 17.3 Å². The average molecular weight is 514 g/mol. The first-order valence-electron chi connectivity index (χ1n) is 11.4. The molecule has 1 aromatic heterocycles. The van der Waals surface area contributed by atoms with E-state index in [4.69, 9.17) is 4.74 Å². The number of methoxy groups -OCH3 is 1. The number of nitrogens with zero attached hydrogens (tertiary/aromatic N) is 4. The maximum atomic E-state index is 12.6. The summed E-state index contributed by atoms with van der Waals surface area (Å²) in [5.74, 6) is -0.448. The third-order valence-corrected chi connectivity index (χ3v) is 6.02. The van der Waals surface area contributed by atoms with Gasteiger partial charge in [0.15, 0.2) is 0 Å². The van der Waals surface area contributed by atoms with Crippen molar-refractivity contribution < 1.29 is 19.4 Å². The van der Waals surface area contributed by atoms with Gasteiger partial charge in [0.2, 0.25) is 0 Å². The molecule has 0 unspecified atom stereocenters. The van der Waals surface area contributed by atoms with Crippen LogP contribution in [-0.2, 0) is 0 Å². The molecule has 192 valence electrons. The molecule has 4 aromatic rings. The van der Waals surface area contributed by atoms with Crippen molar-refractivity contribution in [3.63, 3.8) is 0 Å². The van der Waals surface area contributed by atoms with Gasteiger partial charge in [-0.05, 0) is 61.4 Å². The van der Waals surface area contributed by atoms with Gasteiger partial charge in [-0.15, -0.1) is 0 Å². The molecule has 38 heavy (non-hydrogen) atoms. The summed E-state index contributed by atoms with van der Waals surface area (Å²) >= 11 is 0. The predicted octanol–water partition coefficient (Wildman–Crippen LogP) is 5.35. The van der Waals surface area contributed by atoms with Crippen molar-refractivity contribution in [2.24, 2.45) is 5.10 Å². The number of nitrogens with one attached hydrogen (secondary N) is 1. The Morgan fingerprint density at radius 3 is 2.05 bits per heavy atom. The Morgan fingerprint density at radius 1 is 0.895 bits per heavy atom. The average Bonchev–Trinajstić information content (AvgIpc) is 3.20. The van der Waals surface area contributed by atoms with E-state index in [1.807, 2.05) is 48.7 Å². The molecule has 0 spiro atoms. The molecule has 11 heteroatoms. The number of carbonyl (C=O) groups is 1. The van der Waals surface area contributed by atoms with Gasteiger partial charge in [-0.3, -0.25) is 25.0 Å². The largest absolute Gasteiger partial charge is 0.496 e. The summed E-state index contributed by atoms with van der Waals surface area (Å²) in [6, 6.07) is 19.8. The zero-order valence-corrected chi connectivity index (χ0v) is 20.7. The third kappa shape index (κ3) is 5.26. The van der Waals surface area contributed by atoms with E-state index in [9.17, 15) is 25.0 Å². The van der Waals surface area contributed by atoms with Crippen LogP contribution in [0.25, 0.3) is 16.8 Å². The van der Waals surface area contributed by atoms with Crippen molar-refractivity contribution in [1.82, 2.24) is 9.99 Å². The lowest BCUT2D eigenvalue weighted by atomic mass is 10.0. The van der Waals surface area contributed by atoms with Crippen LogP contribution in [-0.4, -0.2) is 33.6 Å². The van der Waals surface area contributed by atoms with Crippen LogP contribution in [0.5, 0.6) is 5.75 Å². The summed E-state index contributed by atoms with van der Waals surface area (Å²) in [6.45, 7) is 3.87. The number of ether oxygens (including phenoxy) is 1. The van der Waals surface area contributed by atoms with E-state index in [-0.39, 0.29) is 22.7 Å². The van der Waals surface area contributed by atoms with Crippen molar-refractivity contribution in [3.8, 4) is 22.6 Å². The van der Waals surface area contributed by atoms with Crippen molar-refractivity contribution >= 4 is 23.5 Å². The van der Waals surface area contributed by atoms with Crippen molar-refractivity contribution in [1.29, 1.82) is 0 Å². The van der Waals surface area contributed by atoms with Crippen molar-refractivity contribution in [2.45, 2.75) is 13.8 Å². The Labute approximate surface area is 217 Å². The normalized spacial score (nSPS) is 10.9. The number of benzene rings is 3.